The summed E-state index contributed by atoms with van der Waals surface area (Å²) in [7, 11) is 1.91. The summed E-state index contributed by atoms with van der Waals surface area (Å²) in [6.07, 6.45) is 3.87. The van der Waals surface area contributed by atoms with Crippen LogP contribution in [0.3, 0.4) is 0 Å². The molecule has 8 heteroatoms. The van der Waals surface area contributed by atoms with Crippen molar-refractivity contribution in [1.29, 1.82) is 0 Å². The third-order valence-corrected chi connectivity index (χ3v) is 4.76. The standard InChI is InChI=1S/C18H25N5O.2ClH/c1-14(17(19)15-6-4-3-5-7-15)18(24)23-10-8-22(9-11-23)16-12-20-21(2)13-16;;/h3-7,12-14,17H,8-11,19H2,1-2H3;2*1H. The van der Waals surface area contributed by atoms with Crippen LogP contribution in [0.15, 0.2) is 42.7 Å². The molecule has 1 amide bonds. The molecule has 2 atom stereocenters. The first-order valence-corrected chi connectivity index (χ1v) is 8.39. The van der Waals surface area contributed by atoms with Crippen LogP contribution in [0.1, 0.15) is 18.5 Å². The first-order chi connectivity index (χ1) is 11.6. The van der Waals surface area contributed by atoms with Gasteiger partial charge in [-0.25, -0.2) is 0 Å². The van der Waals surface area contributed by atoms with Crippen molar-refractivity contribution in [2.24, 2.45) is 18.7 Å². The fourth-order valence-electron chi connectivity index (χ4n) is 3.16. The van der Waals surface area contributed by atoms with E-state index < -0.39 is 0 Å². The number of hydrogen-bond acceptors (Lipinski definition) is 4. The molecule has 1 aliphatic heterocycles. The van der Waals surface area contributed by atoms with Crippen molar-refractivity contribution in [2.45, 2.75) is 13.0 Å². The Morgan fingerprint density at radius 1 is 1.12 bits per heavy atom. The lowest BCUT2D eigenvalue weighted by molar-refractivity contribution is -0.136. The number of anilines is 1. The molecule has 0 aliphatic carbocycles. The first-order valence-electron chi connectivity index (χ1n) is 8.39. The maximum atomic E-state index is 12.8. The van der Waals surface area contributed by atoms with Gasteiger partial charge in [0.1, 0.15) is 0 Å². The number of piperazine rings is 1. The van der Waals surface area contributed by atoms with Gasteiger partial charge >= 0.3 is 0 Å². The van der Waals surface area contributed by atoms with E-state index in [1.54, 1.807) is 4.68 Å². The topological polar surface area (TPSA) is 67.4 Å². The molecule has 1 aromatic carbocycles. The van der Waals surface area contributed by atoms with Gasteiger partial charge in [-0.2, -0.15) is 5.10 Å². The molecule has 1 saturated heterocycles. The van der Waals surface area contributed by atoms with E-state index in [2.05, 4.69) is 10.00 Å². The summed E-state index contributed by atoms with van der Waals surface area (Å²) in [4.78, 5) is 17.0. The largest absolute Gasteiger partial charge is 0.365 e. The summed E-state index contributed by atoms with van der Waals surface area (Å²) in [6.45, 7) is 5.02. The fraction of sp³-hybridized carbons (Fsp3) is 0.444. The summed E-state index contributed by atoms with van der Waals surface area (Å²) in [5.74, 6) is -0.0884. The number of aromatic nitrogens is 2. The fourth-order valence-corrected chi connectivity index (χ4v) is 3.16. The third-order valence-electron chi connectivity index (χ3n) is 4.76. The highest BCUT2D eigenvalue weighted by molar-refractivity contribution is 5.85. The number of hydrogen-bond donors (Lipinski definition) is 1. The van der Waals surface area contributed by atoms with Gasteiger partial charge in [-0.15, -0.1) is 24.8 Å². The van der Waals surface area contributed by atoms with E-state index >= 15 is 0 Å². The molecule has 1 fully saturated rings. The number of aryl methyl sites for hydroxylation is 1. The highest BCUT2D eigenvalue weighted by Crippen LogP contribution is 2.22. The molecular formula is C18H27Cl2N5O. The van der Waals surface area contributed by atoms with Gasteiger partial charge in [0, 0.05) is 45.5 Å². The molecule has 2 heterocycles. The minimum atomic E-state index is -0.268. The highest BCUT2D eigenvalue weighted by atomic mass is 35.5. The highest BCUT2D eigenvalue weighted by Gasteiger charge is 2.29. The third kappa shape index (κ3) is 4.90. The Labute approximate surface area is 167 Å². The number of amides is 1. The minimum Gasteiger partial charge on any atom is -0.365 e. The number of halogens is 2. The van der Waals surface area contributed by atoms with Crippen molar-refractivity contribution in [1.82, 2.24) is 14.7 Å². The quantitative estimate of drug-likeness (QED) is 0.855. The van der Waals surface area contributed by atoms with E-state index in [0.29, 0.717) is 0 Å². The second-order valence-electron chi connectivity index (χ2n) is 6.41. The van der Waals surface area contributed by atoms with Crippen LogP contribution >= 0.6 is 24.8 Å². The number of nitrogens with two attached hydrogens (primary N) is 1. The molecule has 0 radical (unpaired) electrons. The van der Waals surface area contributed by atoms with Crippen LogP contribution in [0.2, 0.25) is 0 Å². The van der Waals surface area contributed by atoms with E-state index in [1.807, 2.05) is 61.6 Å². The van der Waals surface area contributed by atoms with Crippen molar-refractivity contribution >= 4 is 36.4 Å². The molecule has 2 aromatic rings. The van der Waals surface area contributed by atoms with Gasteiger partial charge in [0.2, 0.25) is 5.91 Å². The van der Waals surface area contributed by atoms with Gasteiger partial charge in [-0.05, 0) is 5.56 Å². The number of benzene rings is 1. The molecule has 1 aliphatic rings. The van der Waals surface area contributed by atoms with Crippen LogP contribution in [0.25, 0.3) is 0 Å². The maximum absolute atomic E-state index is 12.8. The van der Waals surface area contributed by atoms with Crippen molar-refractivity contribution < 1.29 is 4.79 Å². The smallest absolute Gasteiger partial charge is 0.227 e. The van der Waals surface area contributed by atoms with Crippen LogP contribution in [0.5, 0.6) is 0 Å². The molecule has 2 unspecified atom stereocenters. The zero-order chi connectivity index (χ0) is 17.1. The Kier molecular flexibility index (Phi) is 8.40. The summed E-state index contributed by atoms with van der Waals surface area (Å²) in [5, 5.41) is 4.21. The Hall–Kier alpha value is -1.76. The van der Waals surface area contributed by atoms with Crippen molar-refractivity contribution in [3.8, 4) is 0 Å². The van der Waals surface area contributed by atoms with Gasteiger partial charge in [-0.3, -0.25) is 9.48 Å². The molecule has 6 nitrogen and oxygen atoms in total. The average molecular weight is 400 g/mol. The van der Waals surface area contributed by atoms with E-state index in [0.717, 1.165) is 37.4 Å². The molecule has 0 spiro atoms. The zero-order valence-corrected chi connectivity index (χ0v) is 16.7. The Balaban J connectivity index is 0.00000169. The van der Waals surface area contributed by atoms with E-state index in [9.17, 15) is 4.79 Å². The monoisotopic (exact) mass is 399 g/mol. The van der Waals surface area contributed by atoms with Crippen molar-refractivity contribution in [3.05, 3.63) is 48.3 Å². The van der Waals surface area contributed by atoms with Crippen LogP contribution in [0, 0.1) is 5.92 Å². The second-order valence-corrected chi connectivity index (χ2v) is 6.41. The van der Waals surface area contributed by atoms with Crippen molar-refractivity contribution in [3.63, 3.8) is 0 Å². The van der Waals surface area contributed by atoms with Crippen LogP contribution in [-0.4, -0.2) is 46.8 Å². The molecule has 2 N–H and O–H groups in total. The molecule has 1 aromatic heterocycles. The normalized spacial score (nSPS) is 16.3. The first kappa shape index (κ1) is 22.3. The lowest BCUT2D eigenvalue weighted by atomic mass is 9.94. The summed E-state index contributed by atoms with van der Waals surface area (Å²) in [6, 6.07) is 9.57. The van der Waals surface area contributed by atoms with Crippen LogP contribution in [0.4, 0.5) is 5.69 Å². The molecule has 26 heavy (non-hydrogen) atoms. The van der Waals surface area contributed by atoms with E-state index in [1.165, 1.54) is 0 Å². The summed E-state index contributed by atoms with van der Waals surface area (Å²) in [5.41, 5.74) is 8.41. The number of rotatable bonds is 4. The van der Waals surface area contributed by atoms with Gasteiger partial charge in [0.05, 0.1) is 17.8 Å². The zero-order valence-electron chi connectivity index (χ0n) is 15.1. The molecule has 3 rings (SSSR count). The predicted molar refractivity (Wildman–Crippen MR) is 109 cm³/mol. The van der Waals surface area contributed by atoms with Gasteiger partial charge in [-0.1, -0.05) is 37.3 Å². The van der Waals surface area contributed by atoms with Gasteiger partial charge in [0.25, 0.3) is 0 Å². The summed E-state index contributed by atoms with van der Waals surface area (Å²) < 4.78 is 1.80. The van der Waals surface area contributed by atoms with E-state index in [-0.39, 0.29) is 42.7 Å². The lowest BCUT2D eigenvalue weighted by Crippen LogP contribution is -2.51. The maximum Gasteiger partial charge on any atom is 0.227 e. The predicted octanol–water partition coefficient (Wildman–Crippen LogP) is 2.25. The Morgan fingerprint density at radius 3 is 2.27 bits per heavy atom. The molecule has 0 saturated carbocycles. The lowest BCUT2D eigenvalue weighted by Gasteiger charge is -2.37. The van der Waals surface area contributed by atoms with Gasteiger partial charge < -0.3 is 15.5 Å². The average Bonchev–Trinajstić information content (AvgIpc) is 3.07. The minimum absolute atomic E-state index is 0. The number of carbonyl (C=O) groups excluding carboxylic acids is 1. The molecule has 144 valence electrons. The second kappa shape index (κ2) is 9.80. The molecular weight excluding hydrogens is 373 g/mol. The Bertz CT molecular complexity index is 686. The molecule has 0 bridgehead atoms. The number of carbonyl (C=O) groups is 1. The Morgan fingerprint density at radius 2 is 1.73 bits per heavy atom. The van der Waals surface area contributed by atoms with Crippen LogP contribution in [-0.2, 0) is 11.8 Å². The number of nitrogens with zero attached hydrogens (tertiary/aromatic N) is 4. The summed E-state index contributed by atoms with van der Waals surface area (Å²) >= 11 is 0. The van der Waals surface area contributed by atoms with E-state index in [4.69, 9.17) is 5.73 Å². The SMILES string of the molecule is CC(C(=O)N1CCN(c2cnn(C)c2)CC1)C(N)c1ccccc1.Cl.Cl. The van der Waals surface area contributed by atoms with Crippen LogP contribution < -0.4 is 10.6 Å². The van der Waals surface area contributed by atoms with Gasteiger partial charge in [0.15, 0.2) is 0 Å². The van der Waals surface area contributed by atoms with Crippen molar-refractivity contribution in [2.75, 3.05) is 31.1 Å².